The van der Waals surface area contributed by atoms with Crippen molar-refractivity contribution in [2.75, 3.05) is 12.3 Å². The lowest BCUT2D eigenvalue weighted by Crippen LogP contribution is -2.51. The molecule has 3 aromatic rings. The van der Waals surface area contributed by atoms with Gasteiger partial charge in [-0.2, -0.15) is 0 Å². The second-order valence-corrected chi connectivity index (χ2v) is 9.29. The first-order valence-corrected chi connectivity index (χ1v) is 12.7. The van der Waals surface area contributed by atoms with Crippen molar-refractivity contribution in [2.24, 2.45) is 0 Å². The average molecular weight is 499 g/mol. The predicted octanol–water partition coefficient (Wildman–Crippen LogP) is 5.49. The minimum absolute atomic E-state index is 0.140. The van der Waals surface area contributed by atoms with E-state index in [1.54, 1.807) is 23.1 Å². The van der Waals surface area contributed by atoms with Gasteiger partial charge >= 0.3 is 0 Å². The quantitative estimate of drug-likeness (QED) is 0.380. The molecule has 0 saturated carbocycles. The summed E-state index contributed by atoms with van der Waals surface area (Å²) in [6.07, 6.45) is 0.404. The number of hydrogen-bond donors (Lipinski definition) is 1. The summed E-state index contributed by atoms with van der Waals surface area (Å²) in [5.41, 5.74) is 2.76. The maximum Gasteiger partial charge on any atom is 0.243 e. The summed E-state index contributed by atoms with van der Waals surface area (Å²) in [6, 6.07) is 22.6. The van der Waals surface area contributed by atoms with Crippen LogP contribution in [-0.4, -0.2) is 35.1 Å². The summed E-state index contributed by atoms with van der Waals surface area (Å²) in [6.45, 7) is 2.60. The van der Waals surface area contributed by atoms with Crippen molar-refractivity contribution < 1.29 is 14.0 Å². The van der Waals surface area contributed by atoms with Gasteiger partial charge in [0.2, 0.25) is 11.8 Å². The van der Waals surface area contributed by atoms with E-state index in [1.807, 2.05) is 55.5 Å². The van der Waals surface area contributed by atoms with Crippen LogP contribution in [0.2, 0.25) is 5.02 Å². The van der Waals surface area contributed by atoms with E-state index in [2.05, 4.69) is 5.32 Å². The molecule has 0 aliphatic heterocycles. The number of carbonyl (C=O) groups is 2. The Morgan fingerprint density at radius 1 is 0.971 bits per heavy atom. The Morgan fingerprint density at radius 3 is 2.35 bits per heavy atom. The average Bonchev–Trinajstić information content (AvgIpc) is 2.83. The van der Waals surface area contributed by atoms with Gasteiger partial charge in [0.05, 0.1) is 5.75 Å². The molecule has 1 atom stereocenters. The molecular weight excluding hydrogens is 471 g/mol. The molecule has 0 heterocycles. The lowest BCUT2D eigenvalue weighted by Gasteiger charge is -2.31. The Hall–Kier alpha value is -2.83. The number of hydrogen-bond acceptors (Lipinski definition) is 3. The molecule has 0 spiro atoms. The maximum absolute atomic E-state index is 13.4. The summed E-state index contributed by atoms with van der Waals surface area (Å²) >= 11 is 7.62. The third kappa shape index (κ3) is 7.89. The minimum Gasteiger partial charge on any atom is -0.355 e. The van der Waals surface area contributed by atoms with E-state index in [1.165, 1.54) is 23.9 Å². The monoisotopic (exact) mass is 498 g/mol. The first-order valence-electron chi connectivity index (χ1n) is 11.1. The highest BCUT2D eigenvalue weighted by molar-refractivity contribution is 7.99. The molecule has 4 nitrogen and oxygen atoms in total. The number of likely N-dealkylation sites (N-methyl/N-ethyl adjacent to an activating group) is 1. The van der Waals surface area contributed by atoms with Crippen LogP contribution in [0.15, 0.2) is 78.9 Å². The van der Waals surface area contributed by atoms with Crippen molar-refractivity contribution in [3.8, 4) is 0 Å². The Kier molecular flexibility index (Phi) is 9.98. The van der Waals surface area contributed by atoms with Crippen molar-refractivity contribution in [2.45, 2.75) is 31.7 Å². The molecule has 0 saturated heterocycles. The molecule has 178 valence electrons. The number of carbonyl (C=O) groups excluding carboxylic acids is 2. The van der Waals surface area contributed by atoms with Gasteiger partial charge in [-0.05, 0) is 47.9 Å². The molecule has 0 aliphatic rings. The molecule has 3 rings (SSSR count). The highest BCUT2D eigenvalue weighted by Gasteiger charge is 2.30. The number of amides is 2. The lowest BCUT2D eigenvalue weighted by molar-refractivity contribution is -0.139. The number of nitrogens with one attached hydrogen (secondary N) is 1. The summed E-state index contributed by atoms with van der Waals surface area (Å²) < 4.78 is 13.2. The molecule has 7 heteroatoms. The fourth-order valence-electron chi connectivity index (χ4n) is 3.60. The Balaban J connectivity index is 1.81. The predicted molar refractivity (Wildman–Crippen MR) is 137 cm³/mol. The van der Waals surface area contributed by atoms with Crippen LogP contribution < -0.4 is 5.32 Å². The van der Waals surface area contributed by atoms with Gasteiger partial charge in [0, 0.05) is 30.3 Å². The van der Waals surface area contributed by atoms with Crippen molar-refractivity contribution in [3.05, 3.63) is 106 Å². The fourth-order valence-corrected chi connectivity index (χ4v) is 4.68. The Bertz CT molecular complexity index is 1080. The van der Waals surface area contributed by atoms with Gasteiger partial charge in [0.15, 0.2) is 0 Å². The van der Waals surface area contributed by atoms with Gasteiger partial charge < -0.3 is 10.2 Å². The van der Waals surface area contributed by atoms with Crippen LogP contribution in [0.5, 0.6) is 0 Å². The SMILES string of the molecule is CCNC(=O)C(Cc1ccccc1)N(Cc1cccc(Cl)c1)C(=O)CSCc1ccc(F)cc1. The molecular formula is C27H28ClFN2O2S. The summed E-state index contributed by atoms with van der Waals surface area (Å²) in [5.74, 6) is 0.150. The first-order chi connectivity index (χ1) is 16.5. The molecule has 2 amide bonds. The number of thioether (sulfide) groups is 1. The topological polar surface area (TPSA) is 49.4 Å². The van der Waals surface area contributed by atoms with E-state index >= 15 is 0 Å². The van der Waals surface area contributed by atoms with E-state index in [4.69, 9.17) is 11.6 Å². The standard InChI is InChI=1S/C27H28ClFN2O2S/c1-2-30-27(33)25(16-20-7-4-3-5-8-20)31(17-22-9-6-10-23(28)15-22)26(32)19-34-18-21-11-13-24(29)14-12-21/h3-15,25H,2,16-19H2,1H3,(H,30,33). The highest BCUT2D eigenvalue weighted by Crippen LogP contribution is 2.20. The summed E-state index contributed by atoms with van der Waals surface area (Å²) in [5, 5.41) is 3.46. The second-order valence-electron chi connectivity index (χ2n) is 7.87. The van der Waals surface area contributed by atoms with Crippen LogP contribution in [0.4, 0.5) is 4.39 Å². The third-order valence-electron chi connectivity index (χ3n) is 5.27. The van der Waals surface area contributed by atoms with E-state index in [9.17, 15) is 14.0 Å². The maximum atomic E-state index is 13.4. The Morgan fingerprint density at radius 2 is 1.68 bits per heavy atom. The largest absolute Gasteiger partial charge is 0.355 e. The van der Waals surface area contributed by atoms with Gasteiger partial charge in [-0.1, -0.05) is 66.2 Å². The smallest absolute Gasteiger partial charge is 0.243 e. The van der Waals surface area contributed by atoms with Gasteiger partial charge in [0.25, 0.3) is 0 Å². The highest BCUT2D eigenvalue weighted by atomic mass is 35.5. The second kappa shape index (κ2) is 13.2. The molecule has 0 radical (unpaired) electrons. The zero-order valence-electron chi connectivity index (χ0n) is 19.0. The molecule has 0 bridgehead atoms. The summed E-state index contributed by atoms with van der Waals surface area (Å²) in [7, 11) is 0. The molecule has 3 aromatic carbocycles. The van der Waals surface area contributed by atoms with Crippen LogP contribution in [0.3, 0.4) is 0 Å². The van der Waals surface area contributed by atoms with Crippen molar-refractivity contribution >= 4 is 35.2 Å². The molecule has 0 fully saturated rings. The third-order valence-corrected chi connectivity index (χ3v) is 6.50. The first kappa shape index (κ1) is 25.8. The Labute approximate surface area is 209 Å². The van der Waals surface area contributed by atoms with Crippen molar-refractivity contribution in [1.82, 2.24) is 10.2 Å². The minimum atomic E-state index is -0.666. The zero-order valence-corrected chi connectivity index (χ0v) is 20.6. The van der Waals surface area contributed by atoms with Crippen LogP contribution in [0.1, 0.15) is 23.6 Å². The van der Waals surface area contributed by atoms with E-state index in [0.717, 1.165) is 16.7 Å². The molecule has 0 aromatic heterocycles. The molecule has 1 N–H and O–H groups in total. The summed E-state index contributed by atoms with van der Waals surface area (Å²) in [4.78, 5) is 28.2. The lowest BCUT2D eigenvalue weighted by atomic mass is 10.0. The van der Waals surface area contributed by atoms with Crippen LogP contribution >= 0.6 is 23.4 Å². The number of nitrogens with zero attached hydrogens (tertiary/aromatic N) is 1. The van der Waals surface area contributed by atoms with E-state index < -0.39 is 6.04 Å². The van der Waals surface area contributed by atoms with Crippen LogP contribution in [-0.2, 0) is 28.3 Å². The number of benzene rings is 3. The van der Waals surface area contributed by atoms with Crippen molar-refractivity contribution in [1.29, 1.82) is 0 Å². The van der Waals surface area contributed by atoms with Gasteiger partial charge in [-0.15, -0.1) is 11.8 Å². The van der Waals surface area contributed by atoms with E-state index in [0.29, 0.717) is 23.7 Å². The molecule has 0 aliphatic carbocycles. The normalized spacial score (nSPS) is 11.6. The fraction of sp³-hybridized carbons (Fsp3) is 0.259. The number of halogens is 2. The zero-order chi connectivity index (χ0) is 24.3. The van der Waals surface area contributed by atoms with Crippen LogP contribution in [0, 0.1) is 5.82 Å². The molecule has 1 unspecified atom stereocenters. The van der Waals surface area contributed by atoms with E-state index in [-0.39, 0.29) is 29.9 Å². The van der Waals surface area contributed by atoms with Crippen molar-refractivity contribution in [3.63, 3.8) is 0 Å². The van der Waals surface area contributed by atoms with Crippen LogP contribution in [0.25, 0.3) is 0 Å². The van der Waals surface area contributed by atoms with Gasteiger partial charge in [-0.3, -0.25) is 9.59 Å². The van der Waals surface area contributed by atoms with Gasteiger partial charge in [0.1, 0.15) is 11.9 Å². The number of rotatable bonds is 11. The molecule has 34 heavy (non-hydrogen) atoms. The van der Waals surface area contributed by atoms with Gasteiger partial charge in [-0.25, -0.2) is 4.39 Å².